The van der Waals surface area contributed by atoms with Crippen molar-refractivity contribution in [3.63, 3.8) is 0 Å². The molecule has 0 aromatic heterocycles. The van der Waals surface area contributed by atoms with E-state index in [0.717, 1.165) is 28.9 Å². The molecule has 0 spiro atoms. The maximum atomic E-state index is 6.04. The summed E-state index contributed by atoms with van der Waals surface area (Å²) in [5.74, 6) is 0. The first-order valence-electron chi connectivity index (χ1n) is 5.22. The standard InChI is InChI=1S/C12H20N2/c1-4-5-6-10-9(3)11(13)7-8(2)12(10)14/h7H,4-6,13-14H2,1-3H3. The third-order valence-electron chi connectivity index (χ3n) is 2.79. The number of unbranched alkanes of at least 4 members (excludes halogenated alkanes) is 1. The molecular formula is C12H20N2. The molecule has 4 N–H and O–H groups in total. The van der Waals surface area contributed by atoms with Crippen LogP contribution in [0.25, 0.3) is 0 Å². The quantitative estimate of drug-likeness (QED) is 0.723. The lowest BCUT2D eigenvalue weighted by Crippen LogP contribution is -2.03. The zero-order valence-corrected chi connectivity index (χ0v) is 9.35. The molecule has 14 heavy (non-hydrogen) atoms. The average Bonchev–Trinajstić information content (AvgIpc) is 2.15. The first kappa shape index (κ1) is 10.9. The van der Waals surface area contributed by atoms with Crippen LogP contribution in [0.3, 0.4) is 0 Å². The van der Waals surface area contributed by atoms with E-state index >= 15 is 0 Å². The molecular weight excluding hydrogens is 172 g/mol. The molecule has 1 aromatic carbocycles. The van der Waals surface area contributed by atoms with Gasteiger partial charge in [0.05, 0.1) is 0 Å². The van der Waals surface area contributed by atoms with Gasteiger partial charge in [-0.05, 0) is 49.4 Å². The molecule has 2 nitrogen and oxygen atoms in total. The number of nitrogens with two attached hydrogens (primary N) is 2. The fourth-order valence-corrected chi connectivity index (χ4v) is 1.71. The van der Waals surface area contributed by atoms with Crippen molar-refractivity contribution in [3.05, 3.63) is 22.8 Å². The van der Waals surface area contributed by atoms with Crippen molar-refractivity contribution >= 4 is 11.4 Å². The summed E-state index contributed by atoms with van der Waals surface area (Å²) in [4.78, 5) is 0. The summed E-state index contributed by atoms with van der Waals surface area (Å²) in [5, 5.41) is 0. The van der Waals surface area contributed by atoms with Crippen LogP contribution in [0.2, 0.25) is 0 Å². The SMILES string of the molecule is CCCCc1c(C)c(N)cc(C)c1N. The van der Waals surface area contributed by atoms with Crippen LogP contribution < -0.4 is 11.5 Å². The molecule has 0 bridgehead atoms. The summed E-state index contributed by atoms with van der Waals surface area (Å²) in [6.45, 7) is 6.25. The van der Waals surface area contributed by atoms with E-state index in [1.54, 1.807) is 0 Å². The largest absolute Gasteiger partial charge is 0.398 e. The number of anilines is 2. The van der Waals surface area contributed by atoms with Crippen LogP contribution in [0, 0.1) is 13.8 Å². The Kier molecular flexibility index (Phi) is 3.39. The van der Waals surface area contributed by atoms with Crippen LogP contribution in [-0.4, -0.2) is 0 Å². The van der Waals surface area contributed by atoms with Gasteiger partial charge in [-0.3, -0.25) is 0 Å². The molecule has 78 valence electrons. The van der Waals surface area contributed by atoms with E-state index in [1.165, 1.54) is 18.4 Å². The van der Waals surface area contributed by atoms with Crippen LogP contribution in [0.1, 0.15) is 36.5 Å². The summed E-state index contributed by atoms with van der Waals surface area (Å²) in [6, 6.07) is 1.96. The Labute approximate surface area is 86.3 Å². The van der Waals surface area contributed by atoms with E-state index in [4.69, 9.17) is 11.5 Å². The number of rotatable bonds is 3. The molecule has 0 aliphatic carbocycles. The summed E-state index contributed by atoms with van der Waals surface area (Å²) >= 11 is 0. The van der Waals surface area contributed by atoms with Crippen molar-refractivity contribution in [1.82, 2.24) is 0 Å². The topological polar surface area (TPSA) is 52.0 Å². The lowest BCUT2D eigenvalue weighted by Gasteiger charge is -2.14. The van der Waals surface area contributed by atoms with Crippen molar-refractivity contribution < 1.29 is 0 Å². The number of hydrogen-bond acceptors (Lipinski definition) is 2. The monoisotopic (exact) mass is 192 g/mol. The van der Waals surface area contributed by atoms with Gasteiger partial charge < -0.3 is 11.5 Å². The van der Waals surface area contributed by atoms with Gasteiger partial charge in [0, 0.05) is 11.4 Å². The van der Waals surface area contributed by atoms with E-state index in [2.05, 4.69) is 13.8 Å². The summed E-state index contributed by atoms with van der Waals surface area (Å²) in [5.41, 5.74) is 17.2. The Balaban J connectivity index is 3.11. The van der Waals surface area contributed by atoms with Gasteiger partial charge in [-0.1, -0.05) is 13.3 Å². The highest BCUT2D eigenvalue weighted by molar-refractivity contribution is 5.65. The highest BCUT2D eigenvalue weighted by Gasteiger charge is 2.08. The van der Waals surface area contributed by atoms with Crippen molar-refractivity contribution in [3.8, 4) is 0 Å². The molecule has 0 aliphatic rings. The lowest BCUT2D eigenvalue weighted by atomic mass is 9.96. The van der Waals surface area contributed by atoms with Gasteiger partial charge in [-0.25, -0.2) is 0 Å². The van der Waals surface area contributed by atoms with Crippen molar-refractivity contribution in [2.24, 2.45) is 0 Å². The minimum atomic E-state index is 0.864. The van der Waals surface area contributed by atoms with E-state index in [0.29, 0.717) is 0 Å². The number of aryl methyl sites for hydroxylation is 1. The van der Waals surface area contributed by atoms with Gasteiger partial charge in [0.2, 0.25) is 0 Å². The van der Waals surface area contributed by atoms with Gasteiger partial charge >= 0.3 is 0 Å². The molecule has 0 saturated carbocycles. The van der Waals surface area contributed by atoms with E-state index < -0.39 is 0 Å². The Morgan fingerprint density at radius 1 is 1.21 bits per heavy atom. The molecule has 0 aliphatic heterocycles. The van der Waals surface area contributed by atoms with Crippen LogP contribution in [0.5, 0.6) is 0 Å². The van der Waals surface area contributed by atoms with Crippen LogP contribution in [-0.2, 0) is 6.42 Å². The van der Waals surface area contributed by atoms with Crippen LogP contribution >= 0.6 is 0 Å². The normalized spacial score (nSPS) is 10.5. The van der Waals surface area contributed by atoms with Crippen LogP contribution in [0.15, 0.2) is 6.07 Å². The minimum absolute atomic E-state index is 0.864. The fraction of sp³-hybridized carbons (Fsp3) is 0.500. The second-order valence-corrected chi connectivity index (χ2v) is 3.90. The molecule has 0 amide bonds. The third-order valence-corrected chi connectivity index (χ3v) is 2.79. The Hall–Kier alpha value is -1.18. The third kappa shape index (κ3) is 2.00. The van der Waals surface area contributed by atoms with Crippen molar-refractivity contribution in [1.29, 1.82) is 0 Å². The summed E-state index contributed by atoms with van der Waals surface area (Å²) in [6.07, 6.45) is 3.40. The van der Waals surface area contributed by atoms with E-state index in [-0.39, 0.29) is 0 Å². The van der Waals surface area contributed by atoms with Crippen molar-refractivity contribution in [2.45, 2.75) is 40.0 Å². The summed E-state index contributed by atoms with van der Waals surface area (Å²) < 4.78 is 0. The first-order chi connectivity index (χ1) is 6.57. The minimum Gasteiger partial charge on any atom is -0.398 e. The predicted molar refractivity (Wildman–Crippen MR) is 63.4 cm³/mol. The highest BCUT2D eigenvalue weighted by atomic mass is 14.6. The number of benzene rings is 1. The van der Waals surface area contributed by atoms with Crippen molar-refractivity contribution in [2.75, 3.05) is 11.5 Å². The molecule has 0 radical (unpaired) electrons. The molecule has 0 fully saturated rings. The van der Waals surface area contributed by atoms with Gasteiger partial charge in [0.25, 0.3) is 0 Å². The van der Waals surface area contributed by atoms with E-state index in [1.807, 2.05) is 13.0 Å². The Morgan fingerprint density at radius 3 is 2.43 bits per heavy atom. The van der Waals surface area contributed by atoms with E-state index in [9.17, 15) is 0 Å². The molecule has 0 heterocycles. The van der Waals surface area contributed by atoms with Crippen LogP contribution in [0.4, 0.5) is 11.4 Å². The smallest absolute Gasteiger partial charge is 0.0380 e. The molecule has 0 atom stereocenters. The fourth-order valence-electron chi connectivity index (χ4n) is 1.71. The zero-order chi connectivity index (χ0) is 10.7. The Morgan fingerprint density at radius 2 is 1.86 bits per heavy atom. The second-order valence-electron chi connectivity index (χ2n) is 3.90. The summed E-state index contributed by atoms with van der Waals surface area (Å²) in [7, 11) is 0. The second kappa shape index (κ2) is 4.36. The van der Waals surface area contributed by atoms with Gasteiger partial charge in [-0.15, -0.1) is 0 Å². The highest BCUT2D eigenvalue weighted by Crippen LogP contribution is 2.27. The number of nitrogen functional groups attached to an aromatic ring is 2. The molecule has 1 rings (SSSR count). The predicted octanol–water partition coefficient (Wildman–Crippen LogP) is 2.81. The average molecular weight is 192 g/mol. The Bertz CT molecular complexity index is 303. The molecule has 0 saturated heterocycles. The molecule has 0 unspecified atom stereocenters. The van der Waals surface area contributed by atoms with Gasteiger partial charge in [0.1, 0.15) is 0 Å². The van der Waals surface area contributed by atoms with Gasteiger partial charge in [-0.2, -0.15) is 0 Å². The molecule has 2 heteroatoms. The maximum Gasteiger partial charge on any atom is 0.0380 e. The number of hydrogen-bond donors (Lipinski definition) is 2. The molecule has 1 aromatic rings. The maximum absolute atomic E-state index is 6.04. The zero-order valence-electron chi connectivity index (χ0n) is 9.35. The lowest BCUT2D eigenvalue weighted by molar-refractivity contribution is 0.792. The van der Waals surface area contributed by atoms with Gasteiger partial charge in [0.15, 0.2) is 0 Å². The first-order valence-corrected chi connectivity index (χ1v) is 5.22.